The minimum Gasteiger partial charge on any atom is -0.495 e. The Morgan fingerprint density at radius 1 is 1.42 bits per heavy atom. The smallest absolute Gasteiger partial charge is 0.142 e. The van der Waals surface area contributed by atoms with Crippen molar-refractivity contribution in [1.82, 2.24) is 0 Å². The molecular formula is C11H9O. The van der Waals surface area contributed by atoms with Gasteiger partial charge >= 0.3 is 0 Å². The van der Waals surface area contributed by atoms with Gasteiger partial charge in [0, 0.05) is 5.56 Å². The van der Waals surface area contributed by atoms with Crippen LogP contribution in [0.2, 0.25) is 0 Å². The average Bonchev–Trinajstić information content (AvgIpc) is 2.16. The van der Waals surface area contributed by atoms with Crippen molar-refractivity contribution in [2.75, 3.05) is 7.11 Å². The summed E-state index contributed by atoms with van der Waals surface area (Å²) in [4.78, 5) is 0. The summed E-state index contributed by atoms with van der Waals surface area (Å²) >= 11 is 0. The van der Waals surface area contributed by atoms with Crippen molar-refractivity contribution in [2.24, 2.45) is 0 Å². The number of methoxy groups -OCH3 is 1. The minimum atomic E-state index is 0.662. The maximum Gasteiger partial charge on any atom is 0.142 e. The lowest BCUT2D eigenvalue weighted by Gasteiger charge is -2.05. The van der Waals surface area contributed by atoms with Gasteiger partial charge in [0.15, 0.2) is 0 Å². The van der Waals surface area contributed by atoms with Gasteiger partial charge in [0.1, 0.15) is 5.75 Å². The molecule has 1 aromatic rings. The summed E-state index contributed by atoms with van der Waals surface area (Å²) in [6.07, 6.45) is 8.02. The molecule has 0 aliphatic rings. The van der Waals surface area contributed by atoms with Crippen molar-refractivity contribution in [1.29, 1.82) is 0 Å². The van der Waals surface area contributed by atoms with Crippen LogP contribution in [-0.4, -0.2) is 7.11 Å². The molecule has 0 amide bonds. The van der Waals surface area contributed by atoms with Crippen LogP contribution in [0.4, 0.5) is 0 Å². The number of ether oxygens (including phenoxy) is 1. The van der Waals surface area contributed by atoms with Crippen LogP contribution in [-0.2, 0) is 0 Å². The van der Waals surface area contributed by atoms with Crippen LogP contribution in [0, 0.1) is 18.4 Å². The first-order valence-corrected chi connectivity index (χ1v) is 3.50. The highest BCUT2D eigenvalue weighted by Crippen LogP contribution is 2.22. The zero-order valence-corrected chi connectivity index (χ0v) is 6.92. The van der Waals surface area contributed by atoms with Gasteiger partial charge in [-0.05, 0) is 12.1 Å². The molecule has 0 N–H and O–H groups in total. The van der Waals surface area contributed by atoms with E-state index in [0.717, 1.165) is 11.1 Å². The Hall–Kier alpha value is -1.68. The second-order valence-electron chi connectivity index (χ2n) is 2.21. The Morgan fingerprint density at radius 3 is 2.58 bits per heavy atom. The number of hydrogen-bond acceptors (Lipinski definition) is 1. The van der Waals surface area contributed by atoms with Gasteiger partial charge in [-0.1, -0.05) is 24.6 Å². The molecule has 0 aliphatic carbocycles. The molecule has 0 spiro atoms. The van der Waals surface area contributed by atoms with Crippen molar-refractivity contribution in [3.05, 3.63) is 42.0 Å². The SMILES string of the molecule is C#Cc1cccc([C]=C)c1OC. The van der Waals surface area contributed by atoms with Crippen LogP contribution in [0.15, 0.2) is 24.8 Å². The van der Waals surface area contributed by atoms with Gasteiger partial charge in [0.05, 0.1) is 12.7 Å². The van der Waals surface area contributed by atoms with E-state index in [1.165, 1.54) is 0 Å². The normalized spacial score (nSPS) is 8.67. The van der Waals surface area contributed by atoms with Crippen molar-refractivity contribution in [3.63, 3.8) is 0 Å². The van der Waals surface area contributed by atoms with Crippen molar-refractivity contribution in [2.45, 2.75) is 0 Å². The second-order valence-corrected chi connectivity index (χ2v) is 2.21. The summed E-state index contributed by atoms with van der Waals surface area (Å²) in [5.41, 5.74) is 1.53. The van der Waals surface area contributed by atoms with Gasteiger partial charge in [-0.3, -0.25) is 0 Å². The van der Waals surface area contributed by atoms with Crippen LogP contribution < -0.4 is 4.74 Å². The van der Waals surface area contributed by atoms with Gasteiger partial charge < -0.3 is 4.74 Å². The largest absolute Gasteiger partial charge is 0.495 e. The lowest BCUT2D eigenvalue weighted by molar-refractivity contribution is 0.411. The van der Waals surface area contributed by atoms with Crippen LogP contribution in [0.3, 0.4) is 0 Å². The molecule has 59 valence electrons. The molecule has 0 saturated carbocycles. The summed E-state index contributed by atoms with van der Waals surface area (Å²) in [7, 11) is 1.58. The molecular weight excluding hydrogens is 148 g/mol. The molecule has 1 aromatic carbocycles. The molecule has 0 aromatic heterocycles. The number of benzene rings is 1. The summed E-state index contributed by atoms with van der Waals surface area (Å²) < 4.78 is 5.11. The number of hydrogen-bond donors (Lipinski definition) is 0. The summed E-state index contributed by atoms with van der Waals surface area (Å²) in [5.74, 6) is 3.19. The van der Waals surface area contributed by atoms with Crippen molar-refractivity contribution < 1.29 is 4.74 Å². The quantitative estimate of drug-likeness (QED) is 0.597. The third kappa shape index (κ3) is 1.33. The van der Waals surface area contributed by atoms with E-state index in [1.807, 2.05) is 18.2 Å². The third-order valence-corrected chi connectivity index (χ3v) is 1.57. The average molecular weight is 157 g/mol. The Balaban J connectivity index is 3.34. The first-order valence-electron chi connectivity index (χ1n) is 3.50. The Morgan fingerprint density at radius 2 is 2.08 bits per heavy atom. The van der Waals surface area contributed by atoms with Gasteiger partial charge in [0.2, 0.25) is 0 Å². The molecule has 12 heavy (non-hydrogen) atoms. The fourth-order valence-corrected chi connectivity index (χ4v) is 1.01. The van der Waals surface area contributed by atoms with Crippen LogP contribution in [0.25, 0.3) is 0 Å². The van der Waals surface area contributed by atoms with E-state index in [2.05, 4.69) is 18.6 Å². The van der Waals surface area contributed by atoms with Crippen molar-refractivity contribution in [3.8, 4) is 18.1 Å². The van der Waals surface area contributed by atoms with Gasteiger partial charge in [-0.15, -0.1) is 6.42 Å². The molecule has 0 fully saturated rings. The second kappa shape index (κ2) is 3.64. The zero-order chi connectivity index (χ0) is 8.97. The summed E-state index contributed by atoms with van der Waals surface area (Å²) in [5, 5.41) is 0. The first kappa shape index (κ1) is 8.42. The van der Waals surface area contributed by atoms with Gasteiger partial charge in [-0.2, -0.15) is 0 Å². The lowest BCUT2D eigenvalue weighted by atomic mass is 10.1. The molecule has 0 heterocycles. The molecule has 1 nitrogen and oxygen atoms in total. The molecule has 0 aliphatic heterocycles. The number of terminal acetylenes is 1. The molecule has 1 heteroatoms. The Kier molecular flexibility index (Phi) is 2.55. The predicted molar refractivity (Wildman–Crippen MR) is 48.9 cm³/mol. The molecule has 0 saturated heterocycles. The fraction of sp³-hybridized carbons (Fsp3) is 0.0909. The van der Waals surface area contributed by atoms with Gasteiger partial charge in [-0.25, -0.2) is 0 Å². The summed E-state index contributed by atoms with van der Waals surface area (Å²) in [6, 6.07) is 5.53. The number of para-hydroxylation sites is 1. The monoisotopic (exact) mass is 157 g/mol. The fourth-order valence-electron chi connectivity index (χ4n) is 1.01. The highest BCUT2D eigenvalue weighted by molar-refractivity contribution is 5.51. The summed E-state index contributed by atoms with van der Waals surface area (Å²) in [6.45, 7) is 3.54. The van der Waals surface area contributed by atoms with E-state index in [-0.39, 0.29) is 0 Å². The molecule has 0 atom stereocenters. The predicted octanol–water partition coefficient (Wildman–Crippen LogP) is 2.01. The Labute approximate surface area is 72.7 Å². The molecule has 1 rings (SSSR count). The molecule has 0 unspecified atom stereocenters. The van der Waals surface area contributed by atoms with Gasteiger partial charge in [0.25, 0.3) is 0 Å². The molecule has 0 bridgehead atoms. The van der Waals surface area contributed by atoms with Crippen LogP contribution in [0.1, 0.15) is 11.1 Å². The zero-order valence-electron chi connectivity index (χ0n) is 6.92. The maximum absolute atomic E-state index is 5.27. The van der Waals surface area contributed by atoms with E-state index in [4.69, 9.17) is 11.2 Å². The minimum absolute atomic E-state index is 0.662. The number of rotatable bonds is 2. The Bertz CT molecular complexity index is 331. The standard InChI is InChI=1S/C11H9O/c1-4-9-7-6-8-10(5-2)11(9)12-3/h1,6-8H,2H2,3H3. The third-order valence-electron chi connectivity index (χ3n) is 1.57. The topological polar surface area (TPSA) is 9.23 Å². The highest BCUT2D eigenvalue weighted by atomic mass is 16.5. The molecule has 1 radical (unpaired) electrons. The van der Waals surface area contributed by atoms with E-state index >= 15 is 0 Å². The first-order chi connectivity index (χ1) is 5.83. The van der Waals surface area contributed by atoms with Crippen molar-refractivity contribution >= 4 is 0 Å². The highest BCUT2D eigenvalue weighted by Gasteiger charge is 2.03. The van der Waals surface area contributed by atoms with Crippen LogP contribution in [0.5, 0.6) is 5.75 Å². The van der Waals surface area contributed by atoms with E-state index in [9.17, 15) is 0 Å². The van der Waals surface area contributed by atoms with E-state index < -0.39 is 0 Å². The van der Waals surface area contributed by atoms with Crippen LogP contribution >= 0.6 is 0 Å². The van der Waals surface area contributed by atoms with E-state index in [1.54, 1.807) is 7.11 Å². The lowest BCUT2D eigenvalue weighted by Crippen LogP contribution is -1.90. The maximum atomic E-state index is 5.27. The van der Waals surface area contributed by atoms with E-state index in [0.29, 0.717) is 5.75 Å².